The number of carbonyl (C=O) groups excluding carboxylic acids is 2. The Balaban J connectivity index is 1.11. The molecule has 2 aromatic rings. The molecule has 2 heterocycles. The molecule has 0 unspecified atom stereocenters. The highest BCUT2D eigenvalue weighted by molar-refractivity contribution is 5.75. The highest BCUT2D eigenvalue weighted by Gasteiger charge is 2.42. The van der Waals surface area contributed by atoms with E-state index in [1.807, 2.05) is 46.2 Å². The summed E-state index contributed by atoms with van der Waals surface area (Å²) < 4.78 is 11.1. The quantitative estimate of drug-likeness (QED) is 0.477. The molecule has 5 rings (SSSR count). The van der Waals surface area contributed by atoms with Crippen LogP contribution in [0.1, 0.15) is 40.0 Å². The van der Waals surface area contributed by atoms with Crippen LogP contribution < -0.4 is 29.9 Å². The van der Waals surface area contributed by atoms with Gasteiger partial charge in [0, 0.05) is 64.9 Å². The van der Waals surface area contributed by atoms with Crippen LogP contribution in [0.3, 0.4) is 0 Å². The number of urea groups is 2. The van der Waals surface area contributed by atoms with E-state index in [1.165, 1.54) is 0 Å². The Labute approximate surface area is 262 Å². The molecule has 0 spiro atoms. The molecule has 44 heavy (non-hydrogen) atoms. The third-order valence-corrected chi connectivity index (χ3v) is 9.42. The van der Waals surface area contributed by atoms with Crippen LogP contribution in [-0.4, -0.2) is 101 Å². The summed E-state index contributed by atoms with van der Waals surface area (Å²) in [6, 6.07) is 16.1. The van der Waals surface area contributed by atoms with Gasteiger partial charge in [0.1, 0.15) is 11.5 Å². The van der Waals surface area contributed by atoms with Crippen LogP contribution in [-0.2, 0) is 0 Å². The first-order valence-electron chi connectivity index (χ1n) is 15.9. The Bertz CT molecular complexity index is 1290. The Morgan fingerprint density at radius 3 is 1.70 bits per heavy atom. The van der Waals surface area contributed by atoms with E-state index in [4.69, 9.17) is 9.47 Å². The summed E-state index contributed by atoms with van der Waals surface area (Å²) in [7, 11) is 3.38. The van der Waals surface area contributed by atoms with Gasteiger partial charge in [-0.2, -0.15) is 0 Å². The van der Waals surface area contributed by atoms with E-state index in [9.17, 15) is 9.59 Å². The molecule has 1 aliphatic carbocycles. The van der Waals surface area contributed by atoms with Crippen molar-refractivity contribution in [2.45, 2.75) is 46.1 Å². The van der Waals surface area contributed by atoms with Crippen molar-refractivity contribution in [2.75, 3.05) is 82.9 Å². The monoisotopic (exact) mass is 606 g/mol. The first kappa shape index (κ1) is 31.6. The van der Waals surface area contributed by atoms with Crippen LogP contribution in [0, 0.1) is 10.8 Å². The number of nitrogens with zero attached hydrogens (tertiary/aromatic N) is 4. The Hall–Kier alpha value is -3.82. The lowest BCUT2D eigenvalue weighted by Crippen LogP contribution is -2.57. The average molecular weight is 607 g/mol. The van der Waals surface area contributed by atoms with Crippen molar-refractivity contribution in [2.24, 2.45) is 10.8 Å². The van der Waals surface area contributed by atoms with Crippen molar-refractivity contribution < 1.29 is 19.1 Å². The van der Waals surface area contributed by atoms with Crippen molar-refractivity contribution in [3.63, 3.8) is 0 Å². The Morgan fingerprint density at radius 2 is 1.20 bits per heavy atom. The highest BCUT2D eigenvalue weighted by atomic mass is 16.5. The zero-order valence-electron chi connectivity index (χ0n) is 27.1. The Morgan fingerprint density at radius 1 is 0.727 bits per heavy atom. The van der Waals surface area contributed by atoms with Gasteiger partial charge >= 0.3 is 12.1 Å². The summed E-state index contributed by atoms with van der Waals surface area (Å²) in [4.78, 5) is 35.0. The van der Waals surface area contributed by atoms with Gasteiger partial charge in [-0.05, 0) is 54.4 Å². The molecule has 2 N–H and O–H groups in total. The average Bonchev–Trinajstić information content (AvgIpc) is 3.02. The lowest BCUT2D eigenvalue weighted by Gasteiger charge is -2.47. The molecular weight excluding hydrogens is 556 g/mol. The number of piperazine rings is 2. The minimum atomic E-state index is -0.114. The predicted octanol–water partition coefficient (Wildman–Crippen LogP) is 4.65. The number of nitrogens with one attached hydrogen (secondary N) is 2. The number of rotatable bonds is 7. The number of carbonyl (C=O) groups is 2. The van der Waals surface area contributed by atoms with E-state index in [0.717, 1.165) is 68.3 Å². The summed E-state index contributed by atoms with van der Waals surface area (Å²) in [5.41, 5.74) is 2.08. The molecule has 0 aromatic heterocycles. The molecule has 10 heteroatoms. The van der Waals surface area contributed by atoms with E-state index < -0.39 is 0 Å². The van der Waals surface area contributed by atoms with Crippen LogP contribution >= 0.6 is 0 Å². The van der Waals surface area contributed by atoms with E-state index in [2.05, 4.69) is 53.3 Å². The number of anilines is 2. The summed E-state index contributed by atoms with van der Waals surface area (Å²) in [6.45, 7) is 13.1. The smallest absolute Gasteiger partial charge is 0.317 e. The first-order valence-corrected chi connectivity index (χ1v) is 15.9. The number of ether oxygens (including phenoxy) is 2. The zero-order valence-corrected chi connectivity index (χ0v) is 27.1. The molecule has 2 saturated heterocycles. The van der Waals surface area contributed by atoms with Gasteiger partial charge in [0.15, 0.2) is 0 Å². The maximum atomic E-state index is 13.4. The van der Waals surface area contributed by atoms with Gasteiger partial charge in [-0.25, -0.2) is 9.59 Å². The zero-order chi connectivity index (χ0) is 31.3. The molecule has 3 fully saturated rings. The van der Waals surface area contributed by atoms with Gasteiger partial charge in [0.2, 0.25) is 0 Å². The van der Waals surface area contributed by atoms with E-state index in [-0.39, 0.29) is 28.9 Å². The van der Waals surface area contributed by atoms with E-state index >= 15 is 0 Å². The fraction of sp³-hybridized carbons (Fsp3) is 0.588. The van der Waals surface area contributed by atoms with Crippen LogP contribution in [0.4, 0.5) is 21.0 Å². The molecule has 4 amide bonds. The summed E-state index contributed by atoms with van der Waals surface area (Å²) in [5, 5.41) is 6.61. The molecule has 2 aromatic carbocycles. The SMILES string of the molecule is COc1ccccc1N1CCN(C(=O)NC[C@@]2(C)C[C@@H](NC(=O)N3CCN(c4ccccc4OC)CC3)CC(C)(C)C2)CC1. The number of amides is 4. The van der Waals surface area contributed by atoms with Crippen LogP contribution in [0.2, 0.25) is 0 Å². The number of para-hydroxylation sites is 4. The summed E-state index contributed by atoms with van der Waals surface area (Å²) >= 11 is 0. The normalized spacial score (nSPS) is 23.6. The van der Waals surface area contributed by atoms with Gasteiger partial charge in [0.25, 0.3) is 0 Å². The number of benzene rings is 2. The minimum absolute atomic E-state index is 0.00618. The van der Waals surface area contributed by atoms with Crippen LogP contribution in [0.25, 0.3) is 0 Å². The minimum Gasteiger partial charge on any atom is -0.495 e. The van der Waals surface area contributed by atoms with Crippen LogP contribution in [0.5, 0.6) is 11.5 Å². The van der Waals surface area contributed by atoms with E-state index in [1.54, 1.807) is 14.2 Å². The van der Waals surface area contributed by atoms with Crippen molar-refractivity contribution >= 4 is 23.4 Å². The van der Waals surface area contributed by atoms with Gasteiger partial charge < -0.3 is 39.7 Å². The molecule has 3 aliphatic rings. The fourth-order valence-corrected chi connectivity index (χ4v) is 7.62. The summed E-state index contributed by atoms with van der Waals surface area (Å²) in [6.07, 6.45) is 2.76. The lowest BCUT2D eigenvalue weighted by atomic mass is 9.62. The van der Waals surface area contributed by atoms with Crippen molar-refractivity contribution in [1.82, 2.24) is 20.4 Å². The second-order valence-electron chi connectivity index (χ2n) is 13.7. The highest BCUT2D eigenvalue weighted by Crippen LogP contribution is 2.46. The van der Waals surface area contributed by atoms with Crippen molar-refractivity contribution in [3.05, 3.63) is 48.5 Å². The first-order chi connectivity index (χ1) is 21.1. The van der Waals surface area contributed by atoms with Gasteiger partial charge in [-0.1, -0.05) is 45.0 Å². The maximum Gasteiger partial charge on any atom is 0.317 e. The molecule has 2 atom stereocenters. The molecule has 1 saturated carbocycles. The molecule has 0 radical (unpaired) electrons. The van der Waals surface area contributed by atoms with Gasteiger partial charge in [-0.15, -0.1) is 0 Å². The van der Waals surface area contributed by atoms with E-state index in [0.29, 0.717) is 32.7 Å². The molecule has 0 bridgehead atoms. The second-order valence-corrected chi connectivity index (χ2v) is 13.7. The second kappa shape index (κ2) is 13.4. The van der Waals surface area contributed by atoms with Crippen molar-refractivity contribution in [1.29, 1.82) is 0 Å². The number of hydrogen-bond donors (Lipinski definition) is 2. The number of hydrogen-bond acceptors (Lipinski definition) is 6. The van der Waals surface area contributed by atoms with Crippen molar-refractivity contribution in [3.8, 4) is 11.5 Å². The molecule has 240 valence electrons. The number of methoxy groups -OCH3 is 2. The predicted molar refractivity (Wildman–Crippen MR) is 175 cm³/mol. The maximum absolute atomic E-state index is 13.4. The fourth-order valence-electron chi connectivity index (χ4n) is 7.62. The lowest BCUT2D eigenvalue weighted by molar-refractivity contribution is 0.0705. The van der Waals surface area contributed by atoms with Crippen LogP contribution in [0.15, 0.2) is 48.5 Å². The molecule has 2 aliphatic heterocycles. The molecule has 10 nitrogen and oxygen atoms in total. The molecular formula is C34H50N6O4. The largest absolute Gasteiger partial charge is 0.495 e. The topological polar surface area (TPSA) is 89.6 Å². The summed E-state index contributed by atoms with van der Waals surface area (Å²) in [5.74, 6) is 1.71. The standard InChI is InChI=1S/C34H50N6O4/c1-33(2)22-26(36-32(42)40-20-16-38(17-21-40)28-11-7-9-13-30(28)44-5)23-34(3,24-33)25-35-31(41)39-18-14-37(15-19-39)27-10-6-8-12-29(27)43-4/h6-13,26H,14-25H2,1-5H3,(H,35,41)(H,36,42)/t26-,34-/m0/s1. The third-order valence-electron chi connectivity index (χ3n) is 9.42. The Kier molecular flexibility index (Phi) is 9.65. The van der Waals surface area contributed by atoms with Gasteiger partial charge in [0.05, 0.1) is 25.6 Å². The van der Waals surface area contributed by atoms with Gasteiger partial charge in [-0.3, -0.25) is 0 Å². The third kappa shape index (κ3) is 7.45.